The highest BCUT2D eigenvalue weighted by Crippen LogP contribution is 2.33. The Labute approximate surface area is 113 Å². The van der Waals surface area contributed by atoms with Crippen molar-refractivity contribution in [2.24, 2.45) is 17.8 Å². The molecule has 1 aromatic rings. The zero-order valence-corrected chi connectivity index (χ0v) is 11.5. The molecule has 1 aliphatic rings. The highest BCUT2D eigenvalue weighted by atomic mass is 19.2. The summed E-state index contributed by atoms with van der Waals surface area (Å²) in [6, 6.07) is 4.18. The maximum atomic E-state index is 13.7. The number of hydrogen-bond acceptors (Lipinski definition) is 1. The van der Waals surface area contributed by atoms with E-state index < -0.39 is 11.6 Å². The zero-order valence-electron chi connectivity index (χ0n) is 11.5. The van der Waals surface area contributed by atoms with Crippen molar-refractivity contribution in [1.29, 1.82) is 0 Å². The summed E-state index contributed by atoms with van der Waals surface area (Å²) < 4.78 is 26.8. The van der Waals surface area contributed by atoms with Crippen molar-refractivity contribution in [2.45, 2.75) is 39.5 Å². The highest BCUT2D eigenvalue weighted by Gasteiger charge is 2.30. The molecular formula is C16H20F2O. The van der Waals surface area contributed by atoms with Gasteiger partial charge in [-0.25, -0.2) is 8.78 Å². The lowest BCUT2D eigenvalue weighted by Gasteiger charge is -2.30. The van der Waals surface area contributed by atoms with Crippen LogP contribution in [0.3, 0.4) is 0 Å². The van der Waals surface area contributed by atoms with Gasteiger partial charge >= 0.3 is 0 Å². The number of benzene rings is 1. The number of rotatable bonds is 3. The Morgan fingerprint density at radius 1 is 1.32 bits per heavy atom. The van der Waals surface area contributed by atoms with Crippen molar-refractivity contribution in [2.75, 3.05) is 0 Å². The number of halogens is 2. The van der Waals surface area contributed by atoms with Gasteiger partial charge in [-0.15, -0.1) is 0 Å². The monoisotopic (exact) mass is 266 g/mol. The first-order valence-electron chi connectivity index (χ1n) is 6.94. The molecule has 2 rings (SSSR count). The summed E-state index contributed by atoms with van der Waals surface area (Å²) in [7, 11) is 0. The topological polar surface area (TPSA) is 17.1 Å². The van der Waals surface area contributed by atoms with Crippen LogP contribution in [-0.4, -0.2) is 5.78 Å². The summed E-state index contributed by atoms with van der Waals surface area (Å²) in [6.45, 7) is 4.31. The van der Waals surface area contributed by atoms with Crippen LogP contribution in [-0.2, 0) is 11.2 Å². The molecule has 1 saturated carbocycles. The van der Waals surface area contributed by atoms with Crippen molar-refractivity contribution in [3.63, 3.8) is 0 Å². The standard InChI is InChI=1S/C16H20F2O/c1-10(2)11-6-7-15(19)13(8-11)9-12-4-3-5-14(17)16(12)18/h3-5,10-11,13H,6-9H2,1-2H3. The van der Waals surface area contributed by atoms with Crippen LogP contribution in [0.15, 0.2) is 18.2 Å². The van der Waals surface area contributed by atoms with E-state index in [0.717, 1.165) is 18.9 Å². The van der Waals surface area contributed by atoms with E-state index in [2.05, 4.69) is 13.8 Å². The van der Waals surface area contributed by atoms with Gasteiger partial charge in [0.2, 0.25) is 0 Å². The predicted octanol–water partition coefficient (Wildman–Crippen LogP) is 4.15. The quantitative estimate of drug-likeness (QED) is 0.803. The lowest BCUT2D eigenvalue weighted by Crippen LogP contribution is -2.29. The van der Waals surface area contributed by atoms with E-state index in [1.165, 1.54) is 6.07 Å². The second-order valence-corrected chi connectivity index (χ2v) is 5.86. The molecule has 1 aliphatic carbocycles. The van der Waals surface area contributed by atoms with E-state index >= 15 is 0 Å². The normalized spacial score (nSPS) is 23.9. The lowest BCUT2D eigenvalue weighted by molar-refractivity contribution is -0.125. The Bertz CT molecular complexity index is 468. The molecule has 1 nitrogen and oxygen atoms in total. The average Bonchev–Trinajstić information content (AvgIpc) is 2.37. The summed E-state index contributed by atoms with van der Waals surface area (Å²) in [4.78, 5) is 11.9. The van der Waals surface area contributed by atoms with Crippen molar-refractivity contribution >= 4 is 5.78 Å². The molecule has 0 aromatic heterocycles. The summed E-state index contributed by atoms with van der Waals surface area (Å²) in [5.41, 5.74) is 0.322. The predicted molar refractivity (Wildman–Crippen MR) is 70.7 cm³/mol. The molecule has 1 fully saturated rings. The maximum Gasteiger partial charge on any atom is 0.162 e. The van der Waals surface area contributed by atoms with Crippen molar-refractivity contribution in [1.82, 2.24) is 0 Å². The molecule has 19 heavy (non-hydrogen) atoms. The fourth-order valence-electron chi connectivity index (χ4n) is 2.92. The summed E-state index contributed by atoms with van der Waals surface area (Å²) in [5.74, 6) is -0.548. The van der Waals surface area contributed by atoms with E-state index in [0.29, 0.717) is 30.2 Å². The molecule has 0 aliphatic heterocycles. The fraction of sp³-hybridized carbons (Fsp3) is 0.562. The minimum Gasteiger partial charge on any atom is -0.299 e. The average molecular weight is 266 g/mol. The van der Waals surface area contributed by atoms with Gasteiger partial charge in [-0.3, -0.25) is 4.79 Å². The zero-order chi connectivity index (χ0) is 14.0. The molecule has 0 bridgehead atoms. The molecule has 2 atom stereocenters. The number of hydrogen-bond donors (Lipinski definition) is 0. The van der Waals surface area contributed by atoms with Crippen LogP contribution in [0.25, 0.3) is 0 Å². The van der Waals surface area contributed by atoms with E-state index in [9.17, 15) is 13.6 Å². The molecule has 0 N–H and O–H groups in total. The number of Topliss-reactive ketones (excluding diaryl/α,β-unsaturated/α-hetero) is 1. The van der Waals surface area contributed by atoms with Gasteiger partial charge in [-0.05, 0) is 42.7 Å². The van der Waals surface area contributed by atoms with Gasteiger partial charge in [0.1, 0.15) is 5.78 Å². The molecule has 0 heterocycles. The summed E-state index contributed by atoms with van der Waals surface area (Å²) >= 11 is 0. The van der Waals surface area contributed by atoms with Gasteiger partial charge in [0, 0.05) is 12.3 Å². The van der Waals surface area contributed by atoms with E-state index in [1.54, 1.807) is 6.07 Å². The van der Waals surface area contributed by atoms with Crippen LogP contribution in [0.5, 0.6) is 0 Å². The Kier molecular flexibility index (Phi) is 4.33. The third-order valence-electron chi connectivity index (χ3n) is 4.24. The SMILES string of the molecule is CC(C)C1CCC(=O)C(Cc2cccc(F)c2F)C1. The maximum absolute atomic E-state index is 13.7. The highest BCUT2D eigenvalue weighted by molar-refractivity contribution is 5.82. The molecule has 1 aromatic carbocycles. The van der Waals surface area contributed by atoms with Crippen molar-refractivity contribution < 1.29 is 13.6 Å². The van der Waals surface area contributed by atoms with Crippen LogP contribution in [0.1, 0.15) is 38.7 Å². The van der Waals surface area contributed by atoms with Gasteiger partial charge in [0.05, 0.1) is 0 Å². The second-order valence-electron chi connectivity index (χ2n) is 5.86. The Morgan fingerprint density at radius 2 is 2.05 bits per heavy atom. The Morgan fingerprint density at radius 3 is 2.74 bits per heavy atom. The summed E-state index contributed by atoms with van der Waals surface area (Å²) in [6.07, 6.45) is 2.63. The van der Waals surface area contributed by atoms with Gasteiger partial charge in [0.15, 0.2) is 11.6 Å². The second kappa shape index (κ2) is 5.81. The van der Waals surface area contributed by atoms with Crippen LogP contribution < -0.4 is 0 Å². The molecule has 3 heteroatoms. The molecular weight excluding hydrogens is 246 g/mol. The molecule has 0 radical (unpaired) electrons. The molecule has 2 unspecified atom stereocenters. The number of ketones is 1. The van der Waals surface area contributed by atoms with Crippen LogP contribution in [0, 0.1) is 29.4 Å². The summed E-state index contributed by atoms with van der Waals surface area (Å²) in [5, 5.41) is 0. The number of carbonyl (C=O) groups excluding carboxylic acids is 1. The number of carbonyl (C=O) groups is 1. The van der Waals surface area contributed by atoms with Crippen molar-refractivity contribution in [3.8, 4) is 0 Å². The smallest absolute Gasteiger partial charge is 0.162 e. The lowest BCUT2D eigenvalue weighted by atomic mass is 9.73. The van der Waals surface area contributed by atoms with Gasteiger partial charge in [0.25, 0.3) is 0 Å². The van der Waals surface area contributed by atoms with Crippen LogP contribution >= 0.6 is 0 Å². The Balaban J connectivity index is 2.12. The van der Waals surface area contributed by atoms with E-state index in [1.807, 2.05) is 0 Å². The third-order valence-corrected chi connectivity index (χ3v) is 4.24. The Hall–Kier alpha value is -1.25. The third kappa shape index (κ3) is 3.20. The largest absolute Gasteiger partial charge is 0.299 e. The minimum absolute atomic E-state index is 0.155. The first-order chi connectivity index (χ1) is 8.99. The first kappa shape index (κ1) is 14.2. The fourth-order valence-corrected chi connectivity index (χ4v) is 2.92. The van der Waals surface area contributed by atoms with Crippen LogP contribution in [0.4, 0.5) is 8.78 Å². The van der Waals surface area contributed by atoms with Gasteiger partial charge in [-0.2, -0.15) is 0 Å². The molecule has 0 spiro atoms. The van der Waals surface area contributed by atoms with E-state index in [-0.39, 0.29) is 11.7 Å². The van der Waals surface area contributed by atoms with E-state index in [4.69, 9.17) is 0 Å². The molecule has 0 amide bonds. The molecule has 0 saturated heterocycles. The molecule has 104 valence electrons. The first-order valence-corrected chi connectivity index (χ1v) is 6.94. The van der Waals surface area contributed by atoms with Gasteiger partial charge < -0.3 is 0 Å². The van der Waals surface area contributed by atoms with Gasteiger partial charge in [-0.1, -0.05) is 26.0 Å². The van der Waals surface area contributed by atoms with Crippen molar-refractivity contribution in [3.05, 3.63) is 35.4 Å². The van der Waals surface area contributed by atoms with Crippen LogP contribution in [0.2, 0.25) is 0 Å². The minimum atomic E-state index is -0.832.